The monoisotopic (exact) mass is 279 g/mol. The van der Waals surface area contributed by atoms with Gasteiger partial charge in [-0.15, -0.1) is 0 Å². The van der Waals surface area contributed by atoms with Gasteiger partial charge in [0.1, 0.15) is 5.75 Å². The van der Waals surface area contributed by atoms with Crippen LogP contribution in [0.1, 0.15) is 23.0 Å². The first-order valence-corrected chi connectivity index (χ1v) is 6.91. The summed E-state index contributed by atoms with van der Waals surface area (Å²) in [6, 6.07) is 18.0. The predicted molar refractivity (Wildman–Crippen MR) is 84.0 cm³/mol. The molecule has 0 N–H and O–H groups in total. The van der Waals surface area contributed by atoms with Crippen LogP contribution in [-0.2, 0) is 6.54 Å². The van der Waals surface area contributed by atoms with Gasteiger partial charge in [-0.1, -0.05) is 30.3 Å². The fraction of sp³-hybridized carbons (Fsp3) is 0.167. The predicted octanol–water partition coefficient (Wildman–Crippen LogP) is 3.90. The summed E-state index contributed by atoms with van der Waals surface area (Å²) in [5.74, 6) is 0.919. The van der Waals surface area contributed by atoms with Gasteiger partial charge in [0.15, 0.2) is 5.78 Å². The van der Waals surface area contributed by atoms with Crippen molar-refractivity contribution in [3.05, 3.63) is 65.9 Å². The second kappa shape index (κ2) is 5.44. The van der Waals surface area contributed by atoms with Crippen LogP contribution < -0.4 is 4.74 Å². The molecule has 0 saturated carbocycles. The quantitative estimate of drug-likeness (QED) is 0.678. The third kappa shape index (κ3) is 2.55. The Kier molecular flexibility index (Phi) is 3.48. The van der Waals surface area contributed by atoms with E-state index >= 15 is 0 Å². The Balaban J connectivity index is 2.05. The molecule has 0 bridgehead atoms. The minimum absolute atomic E-state index is 0.0831. The summed E-state index contributed by atoms with van der Waals surface area (Å²) in [4.78, 5) is 11.9. The smallest absolute Gasteiger partial charge is 0.176 e. The fourth-order valence-electron chi connectivity index (χ4n) is 2.59. The van der Waals surface area contributed by atoms with E-state index in [4.69, 9.17) is 4.74 Å². The number of Topliss-reactive ketones (excluding diaryl/α,β-unsaturated/α-hetero) is 1. The van der Waals surface area contributed by atoms with Gasteiger partial charge in [-0.05, 0) is 29.8 Å². The van der Waals surface area contributed by atoms with Crippen LogP contribution in [0.2, 0.25) is 0 Å². The maximum Gasteiger partial charge on any atom is 0.176 e. The summed E-state index contributed by atoms with van der Waals surface area (Å²) in [7, 11) is 1.66. The zero-order valence-electron chi connectivity index (χ0n) is 12.2. The number of ketones is 1. The van der Waals surface area contributed by atoms with Crippen LogP contribution >= 0.6 is 0 Å². The van der Waals surface area contributed by atoms with E-state index in [1.165, 1.54) is 0 Å². The Labute approximate surface area is 123 Å². The van der Waals surface area contributed by atoms with E-state index in [0.29, 0.717) is 6.54 Å². The van der Waals surface area contributed by atoms with Crippen LogP contribution in [-0.4, -0.2) is 17.5 Å². The first kappa shape index (κ1) is 13.4. The molecular weight excluding hydrogens is 262 g/mol. The van der Waals surface area contributed by atoms with E-state index in [0.717, 1.165) is 27.9 Å². The highest BCUT2D eigenvalue weighted by molar-refractivity contribution is 5.98. The molecule has 0 spiro atoms. The second-order valence-electron chi connectivity index (χ2n) is 5.08. The van der Waals surface area contributed by atoms with Crippen molar-refractivity contribution in [1.82, 2.24) is 4.57 Å². The molecule has 0 unspecified atom stereocenters. The Hall–Kier alpha value is -2.55. The number of carbonyl (C=O) groups is 1. The van der Waals surface area contributed by atoms with Gasteiger partial charge in [-0.2, -0.15) is 0 Å². The highest BCUT2D eigenvalue weighted by Crippen LogP contribution is 2.22. The highest BCUT2D eigenvalue weighted by atomic mass is 16.5. The summed E-state index contributed by atoms with van der Waals surface area (Å²) in [5, 5.41) is 1.09. The minimum Gasteiger partial charge on any atom is -0.497 e. The molecule has 0 fully saturated rings. The third-order valence-corrected chi connectivity index (χ3v) is 3.67. The summed E-state index contributed by atoms with van der Waals surface area (Å²) in [5.41, 5.74) is 2.96. The maximum atomic E-state index is 11.9. The topological polar surface area (TPSA) is 31.2 Å². The number of para-hydroxylation sites is 1. The van der Waals surface area contributed by atoms with E-state index in [1.54, 1.807) is 14.0 Å². The lowest BCUT2D eigenvalue weighted by molar-refractivity contribution is 0.101. The molecule has 0 amide bonds. The zero-order valence-corrected chi connectivity index (χ0v) is 12.2. The first-order chi connectivity index (χ1) is 10.2. The normalized spacial score (nSPS) is 10.8. The van der Waals surface area contributed by atoms with Crippen molar-refractivity contribution >= 4 is 16.7 Å². The van der Waals surface area contributed by atoms with Crippen LogP contribution in [0.3, 0.4) is 0 Å². The number of nitrogens with zero attached hydrogens (tertiary/aromatic N) is 1. The Morgan fingerprint density at radius 1 is 1.10 bits per heavy atom. The highest BCUT2D eigenvalue weighted by Gasteiger charge is 2.12. The van der Waals surface area contributed by atoms with Gasteiger partial charge in [-0.3, -0.25) is 4.79 Å². The van der Waals surface area contributed by atoms with Crippen molar-refractivity contribution in [1.29, 1.82) is 0 Å². The van der Waals surface area contributed by atoms with E-state index < -0.39 is 0 Å². The standard InChI is InChI=1S/C18H17NO2/c1-13(20)18-11-15-5-3-4-6-17(15)19(18)12-14-7-9-16(21-2)10-8-14/h3-11H,12H2,1-2H3. The van der Waals surface area contributed by atoms with Gasteiger partial charge < -0.3 is 9.30 Å². The molecule has 0 saturated heterocycles. The average molecular weight is 279 g/mol. The van der Waals surface area contributed by atoms with E-state index in [1.807, 2.05) is 54.6 Å². The number of hydrogen-bond acceptors (Lipinski definition) is 2. The lowest BCUT2D eigenvalue weighted by Gasteiger charge is -2.10. The van der Waals surface area contributed by atoms with Gasteiger partial charge >= 0.3 is 0 Å². The molecule has 0 atom stereocenters. The molecule has 1 heterocycles. The average Bonchev–Trinajstić information content (AvgIpc) is 2.87. The van der Waals surface area contributed by atoms with Crippen LogP contribution in [0.4, 0.5) is 0 Å². The van der Waals surface area contributed by atoms with Crippen molar-refractivity contribution in [3.63, 3.8) is 0 Å². The number of hydrogen-bond donors (Lipinski definition) is 0. The molecule has 21 heavy (non-hydrogen) atoms. The van der Waals surface area contributed by atoms with Crippen molar-refractivity contribution in [2.75, 3.05) is 7.11 Å². The van der Waals surface area contributed by atoms with E-state index in [2.05, 4.69) is 4.57 Å². The Bertz CT molecular complexity index is 785. The lowest BCUT2D eigenvalue weighted by Crippen LogP contribution is -2.07. The van der Waals surface area contributed by atoms with Crippen molar-refractivity contribution in [2.45, 2.75) is 13.5 Å². The lowest BCUT2D eigenvalue weighted by atomic mass is 10.2. The molecule has 106 valence electrons. The van der Waals surface area contributed by atoms with Gasteiger partial charge in [0, 0.05) is 24.4 Å². The molecule has 3 heteroatoms. The van der Waals surface area contributed by atoms with E-state index in [9.17, 15) is 4.79 Å². The number of fused-ring (bicyclic) bond motifs is 1. The molecule has 0 aliphatic heterocycles. The van der Waals surface area contributed by atoms with Crippen molar-refractivity contribution in [3.8, 4) is 5.75 Å². The molecule has 2 aromatic carbocycles. The van der Waals surface area contributed by atoms with Gasteiger partial charge in [-0.25, -0.2) is 0 Å². The Morgan fingerprint density at radius 3 is 2.48 bits per heavy atom. The molecule has 3 nitrogen and oxygen atoms in total. The Morgan fingerprint density at radius 2 is 1.81 bits per heavy atom. The zero-order chi connectivity index (χ0) is 14.8. The summed E-state index contributed by atoms with van der Waals surface area (Å²) in [6.45, 7) is 2.28. The SMILES string of the molecule is COc1ccc(Cn2c(C(C)=O)cc3ccccc32)cc1. The summed E-state index contributed by atoms with van der Waals surface area (Å²) in [6.07, 6.45) is 0. The minimum atomic E-state index is 0.0831. The molecule has 0 aliphatic carbocycles. The van der Waals surface area contributed by atoms with E-state index in [-0.39, 0.29) is 5.78 Å². The number of carbonyl (C=O) groups excluding carboxylic acids is 1. The number of rotatable bonds is 4. The van der Waals surface area contributed by atoms with Crippen LogP contribution in [0, 0.1) is 0 Å². The van der Waals surface area contributed by atoms with Gasteiger partial charge in [0.25, 0.3) is 0 Å². The van der Waals surface area contributed by atoms with Crippen LogP contribution in [0.25, 0.3) is 10.9 Å². The number of ether oxygens (including phenoxy) is 1. The molecule has 3 rings (SSSR count). The summed E-state index contributed by atoms with van der Waals surface area (Å²) < 4.78 is 7.24. The largest absolute Gasteiger partial charge is 0.497 e. The molecule has 3 aromatic rings. The van der Waals surface area contributed by atoms with Gasteiger partial charge in [0.05, 0.1) is 12.8 Å². The fourth-order valence-corrected chi connectivity index (χ4v) is 2.59. The molecule has 0 radical (unpaired) electrons. The summed E-state index contributed by atoms with van der Waals surface area (Å²) >= 11 is 0. The van der Waals surface area contributed by atoms with Crippen molar-refractivity contribution in [2.24, 2.45) is 0 Å². The van der Waals surface area contributed by atoms with Crippen LogP contribution in [0.15, 0.2) is 54.6 Å². The maximum absolute atomic E-state index is 11.9. The molecule has 0 aliphatic rings. The molecular formula is C18H17NO2. The second-order valence-corrected chi connectivity index (χ2v) is 5.08. The number of aromatic nitrogens is 1. The number of benzene rings is 2. The number of methoxy groups -OCH3 is 1. The molecule has 1 aromatic heterocycles. The van der Waals surface area contributed by atoms with Crippen molar-refractivity contribution < 1.29 is 9.53 Å². The third-order valence-electron chi connectivity index (χ3n) is 3.67. The van der Waals surface area contributed by atoms with Gasteiger partial charge in [0.2, 0.25) is 0 Å². The van der Waals surface area contributed by atoms with Crippen LogP contribution in [0.5, 0.6) is 5.75 Å². The first-order valence-electron chi connectivity index (χ1n) is 6.91.